The van der Waals surface area contributed by atoms with E-state index in [9.17, 15) is 0 Å². The van der Waals surface area contributed by atoms with Gasteiger partial charge in [-0.25, -0.2) is 4.98 Å². The summed E-state index contributed by atoms with van der Waals surface area (Å²) in [6, 6.07) is 2.45. The molecule has 2 aromatic rings. The average Bonchev–Trinajstić information content (AvgIpc) is 2.72. The average molecular weight is 250 g/mol. The molecule has 0 bridgehead atoms. The van der Waals surface area contributed by atoms with Crippen LogP contribution in [0, 0.1) is 5.92 Å². The predicted molar refractivity (Wildman–Crippen MR) is 74.4 cm³/mol. The van der Waals surface area contributed by atoms with Crippen LogP contribution in [-0.2, 0) is 0 Å². The first kappa shape index (κ1) is 12.1. The molecule has 0 amide bonds. The molecule has 0 spiro atoms. The first-order valence-electron chi connectivity index (χ1n) is 5.89. The number of rotatable bonds is 4. The lowest BCUT2D eigenvalue weighted by atomic mass is 10.0. The van der Waals surface area contributed by atoms with Gasteiger partial charge >= 0.3 is 0 Å². The minimum atomic E-state index is 0.334. The zero-order valence-corrected chi connectivity index (χ0v) is 11.2. The largest absolute Gasteiger partial charge is 0.368 e. The van der Waals surface area contributed by atoms with Gasteiger partial charge < -0.3 is 11.1 Å². The molecule has 1 atom stereocenters. The lowest BCUT2D eigenvalue weighted by Crippen LogP contribution is -2.25. The summed E-state index contributed by atoms with van der Waals surface area (Å²) in [6.45, 7) is 6.58. The summed E-state index contributed by atoms with van der Waals surface area (Å²) in [5, 5.41) is 6.55. The van der Waals surface area contributed by atoms with E-state index in [1.54, 1.807) is 11.3 Å². The maximum atomic E-state index is 5.72. The van der Waals surface area contributed by atoms with E-state index in [0.717, 1.165) is 22.5 Å². The molecular weight excluding hydrogens is 232 g/mol. The first-order valence-corrected chi connectivity index (χ1v) is 6.77. The number of aromatic nitrogens is 2. The summed E-state index contributed by atoms with van der Waals surface area (Å²) in [5.41, 5.74) is 5.72. The number of nitrogens with zero attached hydrogens (tertiary/aromatic N) is 2. The van der Waals surface area contributed by atoms with Crippen molar-refractivity contribution in [3.8, 4) is 0 Å². The SMILES string of the molecule is CCC(Nc1nc(N)nc2sccc12)C(C)C. The molecule has 4 nitrogen and oxygen atoms in total. The molecule has 2 rings (SSSR count). The summed E-state index contributed by atoms with van der Waals surface area (Å²) < 4.78 is 0. The van der Waals surface area contributed by atoms with Crippen molar-refractivity contribution in [2.24, 2.45) is 5.92 Å². The minimum absolute atomic E-state index is 0.334. The number of nitrogen functional groups attached to an aromatic ring is 1. The second kappa shape index (κ2) is 4.87. The summed E-state index contributed by atoms with van der Waals surface area (Å²) in [7, 11) is 0. The molecule has 5 heteroatoms. The van der Waals surface area contributed by atoms with Crippen molar-refractivity contribution in [2.75, 3.05) is 11.1 Å². The molecule has 3 N–H and O–H groups in total. The molecule has 0 radical (unpaired) electrons. The van der Waals surface area contributed by atoms with Gasteiger partial charge in [0.05, 0.1) is 5.39 Å². The van der Waals surface area contributed by atoms with E-state index >= 15 is 0 Å². The molecule has 17 heavy (non-hydrogen) atoms. The molecule has 0 saturated carbocycles. The van der Waals surface area contributed by atoms with E-state index in [-0.39, 0.29) is 0 Å². The molecule has 0 aliphatic heterocycles. The fourth-order valence-corrected chi connectivity index (χ4v) is 2.67. The van der Waals surface area contributed by atoms with Crippen LogP contribution in [0.5, 0.6) is 0 Å². The Labute approximate surface area is 105 Å². The van der Waals surface area contributed by atoms with Crippen molar-refractivity contribution in [2.45, 2.75) is 33.2 Å². The Morgan fingerprint density at radius 1 is 1.41 bits per heavy atom. The molecule has 2 aromatic heterocycles. The number of hydrogen-bond acceptors (Lipinski definition) is 5. The predicted octanol–water partition coefficient (Wildman–Crippen LogP) is 3.12. The van der Waals surface area contributed by atoms with Crippen LogP contribution >= 0.6 is 11.3 Å². The van der Waals surface area contributed by atoms with Crippen LogP contribution in [0.3, 0.4) is 0 Å². The fourth-order valence-electron chi connectivity index (χ4n) is 1.90. The summed E-state index contributed by atoms with van der Waals surface area (Å²) >= 11 is 1.59. The van der Waals surface area contributed by atoms with Crippen molar-refractivity contribution in [1.29, 1.82) is 0 Å². The van der Waals surface area contributed by atoms with Crippen molar-refractivity contribution < 1.29 is 0 Å². The van der Waals surface area contributed by atoms with Gasteiger partial charge in [0, 0.05) is 6.04 Å². The van der Waals surface area contributed by atoms with Crippen LogP contribution in [0.1, 0.15) is 27.2 Å². The molecule has 2 heterocycles. The molecule has 0 fully saturated rings. The Bertz CT molecular complexity index is 506. The van der Waals surface area contributed by atoms with Crippen LogP contribution in [-0.4, -0.2) is 16.0 Å². The van der Waals surface area contributed by atoms with E-state index in [1.165, 1.54) is 0 Å². The molecule has 1 unspecified atom stereocenters. The summed E-state index contributed by atoms with van der Waals surface area (Å²) in [5.74, 6) is 1.75. The summed E-state index contributed by atoms with van der Waals surface area (Å²) in [4.78, 5) is 9.47. The van der Waals surface area contributed by atoms with Crippen LogP contribution in [0.2, 0.25) is 0 Å². The van der Waals surface area contributed by atoms with Gasteiger partial charge in [0.15, 0.2) is 0 Å². The van der Waals surface area contributed by atoms with E-state index < -0.39 is 0 Å². The Morgan fingerprint density at radius 2 is 2.18 bits per heavy atom. The van der Waals surface area contributed by atoms with Crippen LogP contribution < -0.4 is 11.1 Å². The topological polar surface area (TPSA) is 63.8 Å². The van der Waals surface area contributed by atoms with Crippen molar-refractivity contribution in [3.63, 3.8) is 0 Å². The van der Waals surface area contributed by atoms with Crippen LogP contribution in [0.15, 0.2) is 11.4 Å². The Morgan fingerprint density at radius 3 is 2.82 bits per heavy atom. The number of thiophene rings is 1. The number of fused-ring (bicyclic) bond motifs is 1. The monoisotopic (exact) mass is 250 g/mol. The Balaban J connectivity index is 2.37. The van der Waals surface area contributed by atoms with Gasteiger partial charge in [-0.2, -0.15) is 4.98 Å². The fraction of sp³-hybridized carbons (Fsp3) is 0.500. The quantitative estimate of drug-likeness (QED) is 0.875. The first-order chi connectivity index (χ1) is 8.11. The lowest BCUT2D eigenvalue weighted by Gasteiger charge is -2.21. The second-order valence-corrected chi connectivity index (χ2v) is 5.37. The second-order valence-electron chi connectivity index (χ2n) is 4.47. The van der Waals surface area contributed by atoms with E-state index in [0.29, 0.717) is 17.9 Å². The smallest absolute Gasteiger partial charge is 0.223 e. The third-order valence-electron chi connectivity index (χ3n) is 2.91. The van der Waals surface area contributed by atoms with Crippen LogP contribution in [0.25, 0.3) is 10.2 Å². The third-order valence-corrected chi connectivity index (χ3v) is 3.72. The Kier molecular flexibility index (Phi) is 3.47. The molecular formula is C12H18N4S. The minimum Gasteiger partial charge on any atom is -0.368 e. The molecule has 0 aromatic carbocycles. The number of nitrogens with one attached hydrogen (secondary N) is 1. The third kappa shape index (κ3) is 2.49. The highest BCUT2D eigenvalue weighted by Crippen LogP contribution is 2.27. The van der Waals surface area contributed by atoms with Gasteiger partial charge in [-0.15, -0.1) is 11.3 Å². The molecule has 92 valence electrons. The van der Waals surface area contributed by atoms with Gasteiger partial charge in [-0.1, -0.05) is 20.8 Å². The lowest BCUT2D eigenvalue weighted by molar-refractivity contribution is 0.510. The normalized spacial score (nSPS) is 13.2. The summed E-state index contributed by atoms with van der Waals surface area (Å²) in [6.07, 6.45) is 1.06. The van der Waals surface area contributed by atoms with E-state index in [2.05, 4.69) is 36.1 Å². The molecule has 0 aliphatic carbocycles. The highest BCUT2D eigenvalue weighted by molar-refractivity contribution is 7.16. The standard InChI is InChI=1S/C12H18N4S/c1-4-9(7(2)3)14-10-8-5-6-17-11(8)16-12(13)15-10/h5-7,9H,4H2,1-3H3,(H3,13,14,15,16). The number of nitrogens with two attached hydrogens (primary N) is 1. The van der Waals surface area contributed by atoms with Gasteiger partial charge in [0.1, 0.15) is 10.6 Å². The van der Waals surface area contributed by atoms with Crippen molar-refractivity contribution in [1.82, 2.24) is 9.97 Å². The highest BCUT2D eigenvalue weighted by Gasteiger charge is 2.14. The van der Waals surface area contributed by atoms with Gasteiger partial charge in [0.25, 0.3) is 0 Å². The molecule has 0 aliphatic rings. The zero-order chi connectivity index (χ0) is 12.4. The Hall–Kier alpha value is -1.36. The number of anilines is 2. The van der Waals surface area contributed by atoms with Gasteiger partial charge in [0.2, 0.25) is 5.95 Å². The molecule has 0 saturated heterocycles. The zero-order valence-electron chi connectivity index (χ0n) is 10.4. The van der Waals surface area contributed by atoms with Crippen molar-refractivity contribution in [3.05, 3.63) is 11.4 Å². The highest BCUT2D eigenvalue weighted by atomic mass is 32.1. The van der Waals surface area contributed by atoms with Gasteiger partial charge in [-0.05, 0) is 23.8 Å². The van der Waals surface area contributed by atoms with Crippen LogP contribution in [0.4, 0.5) is 11.8 Å². The van der Waals surface area contributed by atoms with E-state index in [4.69, 9.17) is 5.73 Å². The maximum Gasteiger partial charge on any atom is 0.223 e. The maximum absolute atomic E-state index is 5.72. The van der Waals surface area contributed by atoms with Gasteiger partial charge in [-0.3, -0.25) is 0 Å². The number of hydrogen-bond donors (Lipinski definition) is 2. The van der Waals surface area contributed by atoms with Crippen molar-refractivity contribution >= 4 is 33.3 Å². The van der Waals surface area contributed by atoms with E-state index in [1.807, 2.05) is 11.4 Å².